The summed E-state index contributed by atoms with van der Waals surface area (Å²) in [7, 11) is 0. The summed E-state index contributed by atoms with van der Waals surface area (Å²) in [6, 6.07) is 8.40. The average Bonchev–Trinajstić information content (AvgIpc) is 3.47. The number of nitrogens with zero attached hydrogens (tertiary/aromatic N) is 2. The van der Waals surface area contributed by atoms with Crippen molar-refractivity contribution >= 4 is 41.1 Å². The van der Waals surface area contributed by atoms with E-state index in [1.807, 2.05) is 40.9 Å². The highest BCUT2D eigenvalue weighted by Crippen LogP contribution is 2.25. The second-order valence-corrected chi connectivity index (χ2v) is 12.1. The number of halogens is 3. The van der Waals surface area contributed by atoms with Gasteiger partial charge in [0.25, 0.3) is 5.91 Å². The van der Waals surface area contributed by atoms with E-state index in [0.717, 1.165) is 42.8 Å². The Morgan fingerprint density at radius 1 is 0.976 bits per heavy atom. The Morgan fingerprint density at radius 2 is 1.63 bits per heavy atom. The van der Waals surface area contributed by atoms with Crippen molar-refractivity contribution in [3.63, 3.8) is 0 Å². The number of benzene rings is 2. The van der Waals surface area contributed by atoms with Crippen LogP contribution in [0.2, 0.25) is 0 Å². The van der Waals surface area contributed by atoms with Crippen LogP contribution in [-0.4, -0.2) is 82.3 Å². The molecular weight excluding hydrogens is 575 g/mol. The smallest absolute Gasteiger partial charge is 0.260 e. The third-order valence-electron chi connectivity index (χ3n) is 6.63. The molecule has 41 heavy (non-hydrogen) atoms. The zero-order valence-corrected chi connectivity index (χ0v) is 24.9. The van der Waals surface area contributed by atoms with Crippen LogP contribution in [0.1, 0.15) is 31.4 Å². The number of ketones is 1. The van der Waals surface area contributed by atoms with Gasteiger partial charge in [-0.05, 0) is 49.1 Å². The Labute approximate surface area is 247 Å². The molecule has 4 rings (SSSR count). The molecule has 2 aromatic rings. The first-order valence-corrected chi connectivity index (χ1v) is 15.7. The lowest BCUT2D eigenvalue weighted by Gasteiger charge is -2.26. The highest BCUT2D eigenvalue weighted by molar-refractivity contribution is 8.00. The number of hydrogen-bond acceptors (Lipinski definition) is 7. The second kappa shape index (κ2) is 16.1. The van der Waals surface area contributed by atoms with Crippen LogP contribution in [0.4, 0.5) is 13.2 Å². The topological polar surface area (TPSA) is 92.9 Å². The summed E-state index contributed by atoms with van der Waals surface area (Å²) in [4.78, 5) is 38.9. The van der Waals surface area contributed by atoms with Gasteiger partial charge in [-0.3, -0.25) is 14.4 Å². The van der Waals surface area contributed by atoms with Gasteiger partial charge in [0.2, 0.25) is 5.91 Å². The van der Waals surface area contributed by atoms with Crippen molar-refractivity contribution in [1.82, 2.24) is 9.80 Å². The molecule has 2 atom stereocenters. The van der Waals surface area contributed by atoms with Crippen LogP contribution >= 0.6 is 23.5 Å². The van der Waals surface area contributed by atoms with Crippen LogP contribution in [-0.2, 0) is 27.2 Å². The maximum atomic E-state index is 13.6. The van der Waals surface area contributed by atoms with Crippen molar-refractivity contribution in [2.75, 3.05) is 43.5 Å². The van der Waals surface area contributed by atoms with E-state index in [9.17, 15) is 27.6 Å². The molecule has 0 radical (unpaired) electrons. The van der Waals surface area contributed by atoms with E-state index in [1.54, 1.807) is 0 Å². The number of nitrogens with two attached hydrogens (primary N) is 1. The van der Waals surface area contributed by atoms with E-state index in [0.29, 0.717) is 18.4 Å². The summed E-state index contributed by atoms with van der Waals surface area (Å²) in [5, 5.41) is -0.505. The molecule has 2 saturated heterocycles. The Hall–Kier alpha value is -2.70. The highest BCUT2D eigenvalue weighted by Gasteiger charge is 2.33. The van der Waals surface area contributed by atoms with Gasteiger partial charge >= 0.3 is 0 Å². The number of aryl methyl sites for hydroxylation is 1. The second-order valence-electron chi connectivity index (χ2n) is 9.73. The van der Waals surface area contributed by atoms with Gasteiger partial charge in [0.05, 0.1) is 0 Å². The van der Waals surface area contributed by atoms with Gasteiger partial charge in [-0.1, -0.05) is 19.1 Å². The van der Waals surface area contributed by atoms with Crippen LogP contribution < -0.4 is 10.5 Å². The zero-order valence-electron chi connectivity index (χ0n) is 23.2. The van der Waals surface area contributed by atoms with E-state index in [4.69, 9.17) is 10.5 Å². The minimum absolute atomic E-state index is 0.0804. The molecule has 2 fully saturated rings. The lowest BCUT2D eigenvalue weighted by atomic mass is 10.0. The highest BCUT2D eigenvalue weighted by atomic mass is 32.2. The Morgan fingerprint density at radius 3 is 2.27 bits per heavy atom. The number of carbonyl (C=O) groups is 3. The number of hydrogen-bond donors (Lipinski definition) is 1. The van der Waals surface area contributed by atoms with Gasteiger partial charge in [-0.2, -0.15) is 11.8 Å². The molecule has 0 aromatic heterocycles. The Kier molecular flexibility index (Phi) is 12.9. The Bertz CT molecular complexity index is 1200. The molecule has 0 saturated carbocycles. The number of rotatable bonds is 9. The van der Waals surface area contributed by atoms with Gasteiger partial charge in [-0.15, -0.1) is 11.8 Å². The molecule has 2 unspecified atom stereocenters. The van der Waals surface area contributed by atoms with Crippen molar-refractivity contribution in [2.45, 2.75) is 44.5 Å². The summed E-state index contributed by atoms with van der Waals surface area (Å²) in [5.74, 6) is -0.128. The van der Waals surface area contributed by atoms with Crippen molar-refractivity contribution in [3.05, 3.63) is 65.0 Å². The molecule has 0 bridgehead atoms. The third-order valence-corrected chi connectivity index (χ3v) is 8.89. The molecule has 224 valence electrons. The predicted molar refractivity (Wildman–Crippen MR) is 156 cm³/mol. The molecule has 0 aliphatic carbocycles. The summed E-state index contributed by atoms with van der Waals surface area (Å²) >= 11 is 3.29. The van der Waals surface area contributed by atoms with E-state index < -0.39 is 28.9 Å². The maximum Gasteiger partial charge on any atom is 0.260 e. The van der Waals surface area contributed by atoms with Gasteiger partial charge in [0.1, 0.15) is 16.9 Å². The number of Topliss-reactive ketones (excluding diaryl/α,β-unsaturated/α-hetero) is 1. The molecule has 2 heterocycles. The average molecular weight is 612 g/mol. The molecule has 2 amide bonds. The van der Waals surface area contributed by atoms with Crippen LogP contribution in [0.25, 0.3) is 0 Å². The van der Waals surface area contributed by atoms with Gasteiger partial charge in [0, 0.05) is 55.4 Å². The van der Waals surface area contributed by atoms with E-state index in [-0.39, 0.29) is 42.6 Å². The van der Waals surface area contributed by atoms with E-state index in [2.05, 4.69) is 6.92 Å². The standard InChI is InChI=1S/C15H17F3N2O2S.C14H19NO2S/c1-8(21)15-20(2-3-23-15)14(22)6-10(19)4-9-5-12(17)13(18)7-11(9)16;1-2-12-3-5-13(6-4-12)17-11-14(16)15-7-9-18-10-8-15/h5,7,10,15H,2-4,6,19H2,1H3;3-6H,2,7-11H2,1H3. The van der Waals surface area contributed by atoms with Crippen molar-refractivity contribution in [1.29, 1.82) is 0 Å². The first kappa shape index (κ1) is 32.8. The van der Waals surface area contributed by atoms with Gasteiger partial charge in [0.15, 0.2) is 24.0 Å². The minimum Gasteiger partial charge on any atom is -0.484 e. The molecule has 2 aromatic carbocycles. The molecule has 2 N–H and O–H groups in total. The lowest BCUT2D eigenvalue weighted by molar-refractivity contribution is -0.135. The fourth-order valence-electron chi connectivity index (χ4n) is 4.35. The summed E-state index contributed by atoms with van der Waals surface area (Å²) in [5.41, 5.74) is 7.03. The summed E-state index contributed by atoms with van der Waals surface area (Å²) in [6.45, 7) is 5.84. The van der Waals surface area contributed by atoms with Crippen LogP contribution in [0, 0.1) is 17.5 Å². The van der Waals surface area contributed by atoms with Crippen LogP contribution in [0.5, 0.6) is 5.75 Å². The fourth-order valence-corrected chi connectivity index (χ4v) is 6.42. The van der Waals surface area contributed by atoms with Crippen molar-refractivity contribution in [2.24, 2.45) is 5.73 Å². The molecule has 12 heteroatoms. The lowest BCUT2D eigenvalue weighted by Crippen LogP contribution is -2.41. The Balaban J connectivity index is 0.000000232. The predicted octanol–water partition coefficient (Wildman–Crippen LogP) is 4.06. The first-order valence-electron chi connectivity index (χ1n) is 13.5. The normalized spacial score (nSPS) is 17.5. The van der Waals surface area contributed by atoms with Crippen molar-refractivity contribution < 1.29 is 32.3 Å². The van der Waals surface area contributed by atoms with Gasteiger partial charge in [-0.25, -0.2) is 13.2 Å². The summed E-state index contributed by atoms with van der Waals surface area (Å²) < 4.78 is 45.2. The SMILES string of the molecule is CC(=O)C1SCCN1C(=O)CC(N)Cc1cc(F)c(F)cc1F.CCc1ccc(OCC(=O)N2CCSCC2)cc1. The third kappa shape index (κ3) is 9.96. The molecule has 7 nitrogen and oxygen atoms in total. The number of ether oxygens (including phenoxy) is 1. The quantitative estimate of drug-likeness (QED) is 0.428. The van der Waals surface area contributed by atoms with Crippen LogP contribution in [0.3, 0.4) is 0 Å². The number of amides is 2. The monoisotopic (exact) mass is 611 g/mol. The van der Waals surface area contributed by atoms with E-state index in [1.165, 1.54) is 29.1 Å². The minimum atomic E-state index is -1.27. The molecule has 0 spiro atoms. The van der Waals surface area contributed by atoms with Crippen LogP contribution in [0.15, 0.2) is 36.4 Å². The largest absolute Gasteiger partial charge is 0.484 e. The molecular formula is C29H36F3N3O4S2. The van der Waals surface area contributed by atoms with Gasteiger partial charge < -0.3 is 20.3 Å². The molecule has 2 aliphatic rings. The fraction of sp³-hybridized carbons (Fsp3) is 0.483. The maximum absolute atomic E-state index is 13.6. The number of thioether (sulfide) groups is 2. The summed E-state index contributed by atoms with van der Waals surface area (Å²) in [6.07, 6.45) is 0.827. The molecule has 2 aliphatic heterocycles. The first-order chi connectivity index (χ1) is 19.6. The van der Waals surface area contributed by atoms with Crippen molar-refractivity contribution in [3.8, 4) is 5.75 Å². The number of carbonyl (C=O) groups excluding carboxylic acids is 3. The van der Waals surface area contributed by atoms with E-state index >= 15 is 0 Å². The zero-order chi connectivity index (χ0) is 29.9.